The number of benzene rings is 1. The van der Waals surface area contributed by atoms with E-state index in [1.165, 1.54) is 0 Å². The molecule has 1 amide bonds. The number of rotatable bonds is 4. The molecule has 1 fully saturated rings. The van der Waals surface area contributed by atoms with Crippen molar-refractivity contribution in [1.82, 2.24) is 9.97 Å². The van der Waals surface area contributed by atoms with Gasteiger partial charge in [0.2, 0.25) is 11.9 Å². The molecule has 1 saturated carbocycles. The third-order valence-electron chi connectivity index (χ3n) is 6.27. The number of nitrogens with one attached hydrogen (secondary N) is 2. The first-order chi connectivity index (χ1) is 15.9. The van der Waals surface area contributed by atoms with Crippen molar-refractivity contribution in [1.29, 1.82) is 0 Å². The molecule has 0 saturated heterocycles. The number of aliphatic hydroxyl groups excluding tert-OH is 2. The normalized spacial score (nSPS) is 28.9. The minimum atomic E-state index is -1.30. The average molecular weight is 460 g/mol. The van der Waals surface area contributed by atoms with Gasteiger partial charge in [-0.05, 0) is 30.9 Å². The number of aromatic nitrogens is 2. The standard InChI is InChI=1S/C21H25FN6O5/c22-14-8-24-21-25-11-2-1-3-12(7-11)33-9-15(30)17(28-32)13-6-10(4-5-29)16(19(23)31)18(13)26-20(14)27-21/h1-3,7-8,10,13,15-18,29-30H,4-6,9H2,(H2,23,31)(H2,24,25,26,27)/t10-,13-,15-,16+,17-,18-/m1/s1. The molecule has 11 nitrogen and oxygen atoms in total. The van der Waals surface area contributed by atoms with E-state index in [1.807, 2.05) is 0 Å². The van der Waals surface area contributed by atoms with Gasteiger partial charge in [-0.25, -0.2) is 9.37 Å². The van der Waals surface area contributed by atoms with E-state index in [2.05, 4.69) is 25.8 Å². The van der Waals surface area contributed by atoms with Gasteiger partial charge in [0.15, 0.2) is 11.6 Å². The Kier molecular flexibility index (Phi) is 6.65. The highest BCUT2D eigenvalue weighted by Gasteiger charge is 2.51. The molecule has 1 aromatic carbocycles. The van der Waals surface area contributed by atoms with Gasteiger partial charge in [0.25, 0.3) is 0 Å². The first-order valence-corrected chi connectivity index (χ1v) is 10.6. The number of nitrogens with two attached hydrogens (primary N) is 1. The molecule has 33 heavy (non-hydrogen) atoms. The molecule has 0 unspecified atom stereocenters. The van der Waals surface area contributed by atoms with Crippen LogP contribution in [0.15, 0.2) is 35.6 Å². The monoisotopic (exact) mass is 460 g/mol. The van der Waals surface area contributed by atoms with E-state index in [9.17, 15) is 24.3 Å². The minimum Gasteiger partial charge on any atom is -0.491 e. The van der Waals surface area contributed by atoms with E-state index >= 15 is 0 Å². The Labute approximate surface area is 188 Å². The summed E-state index contributed by atoms with van der Waals surface area (Å²) in [7, 11) is 0. The smallest absolute Gasteiger partial charge is 0.229 e. The number of hydrogen-bond acceptors (Lipinski definition) is 10. The Balaban J connectivity index is 1.80. The Morgan fingerprint density at radius 3 is 2.94 bits per heavy atom. The molecule has 4 rings (SSSR count). The highest BCUT2D eigenvalue weighted by atomic mass is 19.1. The van der Waals surface area contributed by atoms with E-state index in [0.29, 0.717) is 11.4 Å². The predicted octanol–water partition coefficient (Wildman–Crippen LogP) is 1.15. The van der Waals surface area contributed by atoms with Crippen molar-refractivity contribution in [3.8, 4) is 5.75 Å². The lowest BCUT2D eigenvalue weighted by Gasteiger charge is -2.30. The zero-order chi connectivity index (χ0) is 23.5. The fourth-order valence-corrected chi connectivity index (χ4v) is 4.82. The quantitative estimate of drug-likeness (QED) is 0.420. The van der Waals surface area contributed by atoms with Gasteiger partial charge in [0.05, 0.1) is 12.1 Å². The lowest BCUT2D eigenvalue weighted by atomic mass is 9.87. The van der Waals surface area contributed by atoms with Crippen LogP contribution in [-0.4, -0.2) is 57.5 Å². The predicted molar refractivity (Wildman–Crippen MR) is 116 cm³/mol. The third kappa shape index (κ3) is 4.71. The molecule has 2 aliphatic rings. The lowest BCUT2D eigenvalue weighted by Crippen LogP contribution is -2.46. The average Bonchev–Trinajstić information content (AvgIpc) is 3.13. The van der Waals surface area contributed by atoms with Crippen LogP contribution in [0.2, 0.25) is 0 Å². The number of anilines is 3. The van der Waals surface area contributed by atoms with Crippen molar-refractivity contribution in [2.75, 3.05) is 23.8 Å². The lowest BCUT2D eigenvalue weighted by molar-refractivity contribution is -0.123. The summed E-state index contributed by atoms with van der Waals surface area (Å²) in [6, 6.07) is 4.69. The Morgan fingerprint density at radius 1 is 1.39 bits per heavy atom. The summed E-state index contributed by atoms with van der Waals surface area (Å²) in [5.41, 5.74) is 6.22. The molecule has 1 aliphatic carbocycles. The maximum absolute atomic E-state index is 14.7. The Bertz CT molecular complexity index is 1030. The van der Waals surface area contributed by atoms with Crippen LogP contribution in [0, 0.1) is 28.5 Å². The number of halogens is 1. The number of ether oxygens (including phenoxy) is 1. The highest BCUT2D eigenvalue weighted by Crippen LogP contribution is 2.43. The fraction of sp³-hybridized carbons (Fsp3) is 0.476. The van der Waals surface area contributed by atoms with E-state index in [1.54, 1.807) is 24.3 Å². The van der Waals surface area contributed by atoms with Crippen molar-refractivity contribution < 1.29 is 24.1 Å². The summed E-state index contributed by atoms with van der Waals surface area (Å²) < 4.78 is 20.3. The minimum absolute atomic E-state index is 0.0929. The molecule has 2 heterocycles. The molecular formula is C21H25FN6O5. The van der Waals surface area contributed by atoms with Crippen LogP contribution >= 0.6 is 0 Å². The number of carbonyl (C=O) groups is 1. The van der Waals surface area contributed by atoms with Crippen LogP contribution in [0.4, 0.5) is 21.8 Å². The number of hydrogen-bond donors (Lipinski definition) is 5. The zero-order valence-corrected chi connectivity index (χ0v) is 17.6. The van der Waals surface area contributed by atoms with Crippen molar-refractivity contribution in [2.45, 2.75) is 31.0 Å². The summed E-state index contributed by atoms with van der Waals surface area (Å²) >= 11 is 0. The Morgan fingerprint density at radius 2 is 2.21 bits per heavy atom. The van der Waals surface area contributed by atoms with Gasteiger partial charge in [0, 0.05) is 30.3 Å². The second kappa shape index (κ2) is 9.63. The molecule has 176 valence electrons. The van der Waals surface area contributed by atoms with Gasteiger partial charge in [-0.15, -0.1) is 0 Å². The number of carbonyl (C=O) groups excluding carboxylic acids is 1. The molecule has 1 aromatic heterocycles. The van der Waals surface area contributed by atoms with Crippen LogP contribution < -0.4 is 21.1 Å². The second-order valence-electron chi connectivity index (χ2n) is 8.29. The molecule has 4 bridgehead atoms. The molecule has 6 N–H and O–H groups in total. The summed E-state index contributed by atoms with van der Waals surface area (Å²) in [5.74, 6) is -3.09. The van der Waals surface area contributed by atoms with Gasteiger partial charge < -0.3 is 31.3 Å². The molecule has 1 aliphatic heterocycles. The van der Waals surface area contributed by atoms with Gasteiger partial charge in [-0.3, -0.25) is 4.79 Å². The molecule has 6 atom stereocenters. The van der Waals surface area contributed by atoms with Gasteiger partial charge in [0.1, 0.15) is 24.5 Å². The van der Waals surface area contributed by atoms with E-state index in [-0.39, 0.29) is 37.8 Å². The van der Waals surface area contributed by atoms with Crippen molar-refractivity contribution in [2.24, 2.45) is 28.7 Å². The first-order valence-electron chi connectivity index (χ1n) is 10.6. The molecular weight excluding hydrogens is 435 g/mol. The summed E-state index contributed by atoms with van der Waals surface area (Å²) in [6.07, 6.45) is 0.171. The number of fused-ring (bicyclic) bond motifs is 5. The van der Waals surface area contributed by atoms with Crippen LogP contribution in [0.5, 0.6) is 5.75 Å². The molecule has 0 radical (unpaired) electrons. The van der Waals surface area contributed by atoms with Crippen molar-refractivity contribution in [3.05, 3.63) is 41.2 Å². The largest absolute Gasteiger partial charge is 0.491 e. The number of nitroso groups, excluding NO2 is 1. The van der Waals surface area contributed by atoms with Crippen LogP contribution in [0.3, 0.4) is 0 Å². The van der Waals surface area contributed by atoms with Crippen LogP contribution in [-0.2, 0) is 4.79 Å². The first kappa shape index (κ1) is 22.8. The highest BCUT2D eigenvalue weighted by molar-refractivity contribution is 5.79. The van der Waals surface area contributed by atoms with Gasteiger partial charge in [-0.1, -0.05) is 11.2 Å². The van der Waals surface area contributed by atoms with Crippen molar-refractivity contribution in [3.63, 3.8) is 0 Å². The SMILES string of the molecule is NC(=O)[C@H]1[C@H](CCO)C[C@@H]2[C@@H](N=O)[C@H](O)COc3cccc(c3)Nc3ncc(F)c(n3)N[C@H]21. The van der Waals surface area contributed by atoms with E-state index < -0.39 is 47.7 Å². The maximum Gasteiger partial charge on any atom is 0.229 e. The number of amides is 1. The van der Waals surface area contributed by atoms with Crippen molar-refractivity contribution >= 4 is 23.4 Å². The zero-order valence-electron chi connectivity index (χ0n) is 17.6. The number of aliphatic hydroxyl groups is 2. The van der Waals surface area contributed by atoms with Crippen LogP contribution in [0.25, 0.3) is 0 Å². The second-order valence-corrected chi connectivity index (χ2v) is 8.29. The molecule has 12 heteroatoms. The summed E-state index contributed by atoms with van der Waals surface area (Å²) in [6.45, 7) is -0.435. The number of primary amides is 1. The Hall–Kier alpha value is -3.38. The third-order valence-corrected chi connectivity index (χ3v) is 6.27. The number of nitrogens with zero attached hydrogens (tertiary/aromatic N) is 3. The van der Waals surface area contributed by atoms with Gasteiger partial charge in [-0.2, -0.15) is 9.89 Å². The van der Waals surface area contributed by atoms with E-state index in [0.717, 1.165) is 6.20 Å². The topological polar surface area (TPSA) is 172 Å². The van der Waals surface area contributed by atoms with Gasteiger partial charge >= 0.3 is 0 Å². The van der Waals surface area contributed by atoms with Crippen LogP contribution in [0.1, 0.15) is 12.8 Å². The molecule has 0 spiro atoms. The maximum atomic E-state index is 14.7. The molecule has 2 aromatic rings. The summed E-state index contributed by atoms with van der Waals surface area (Å²) in [4.78, 5) is 32.4. The summed E-state index contributed by atoms with van der Waals surface area (Å²) in [5, 5.41) is 29.3. The van der Waals surface area contributed by atoms with E-state index in [4.69, 9.17) is 10.5 Å². The fourth-order valence-electron chi connectivity index (χ4n) is 4.82.